The number of hydrogen-bond acceptors (Lipinski definition) is 3. The molecule has 0 atom stereocenters. The molecule has 2 aromatic rings. The third-order valence-corrected chi connectivity index (χ3v) is 3.16. The summed E-state index contributed by atoms with van der Waals surface area (Å²) in [4.78, 5) is 24.1. The first-order valence-corrected chi connectivity index (χ1v) is 7.40. The number of rotatable bonds is 6. The molecule has 0 aliphatic carbocycles. The first-order chi connectivity index (χ1) is 11.6. The predicted molar refractivity (Wildman–Crippen MR) is 92.9 cm³/mol. The van der Waals surface area contributed by atoms with Crippen molar-refractivity contribution in [3.63, 3.8) is 0 Å². The van der Waals surface area contributed by atoms with Crippen molar-refractivity contribution in [2.75, 3.05) is 18.5 Å². The van der Waals surface area contributed by atoms with Gasteiger partial charge in [-0.2, -0.15) is 0 Å². The Hall–Kier alpha value is -3.26. The number of nitrogens with one attached hydrogen (secondary N) is 2. The highest BCUT2D eigenvalue weighted by atomic mass is 16.5. The van der Waals surface area contributed by atoms with E-state index in [1.54, 1.807) is 30.3 Å². The lowest BCUT2D eigenvalue weighted by Crippen LogP contribution is -2.26. The Balaban J connectivity index is 1.99. The molecule has 2 rings (SSSR count). The molecule has 0 radical (unpaired) electrons. The van der Waals surface area contributed by atoms with Crippen LogP contribution in [-0.2, 0) is 4.79 Å². The normalized spacial score (nSPS) is 9.67. The molecule has 0 heterocycles. The van der Waals surface area contributed by atoms with Crippen LogP contribution in [-0.4, -0.2) is 25.0 Å². The highest BCUT2D eigenvalue weighted by molar-refractivity contribution is 6.04. The van der Waals surface area contributed by atoms with Gasteiger partial charge in [0.05, 0.1) is 17.8 Å². The quantitative estimate of drug-likeness (QED) is 0.802. The van der Waals surface area contributed by atoms with Crippen molar-refractivity contribution in [2.24, 2.45) is 0 Å². The minimum Gasteiger partial charge on any atom is -0.484 e. The monoisotopic (exact) mass is 322 g/mol. The van der Waals surface area contributed by atoms with Crippen molar-refractivity contribution in [1.29, 1.82) is 0 Å². The van der Waals surface area contributed by atoms with Crippen LogP contribution in [0.3, 0.4) is 0 Å². The van der Waals surface area contributed by atoms with Gasteiger partial charge in [-0.15, -0.1) is 6.42 Å². The van der Waals surface area contributed by atoms with E-state index in [0.29, 0.717) is 17.0 Å². The maximum absolute atomic E-state index is 12.1. The second-order valence-electron chi connectivity index (χ2n) is 5.09. The van der Waals surface area contributed by atoms with Crippen molar-refractivity contribution in [1.82, 2.24) is 5.32 Å². The van der Waals surface area contributed by atoms with Crippen LogP contribution in [0, 0.1) is 19.3 Å². The Morgan fingerprint density at radius 2 is 1.96 bits per heavy atom. The van der Waals surface area contributed by atoms with E-state index in [9.17, 15) is 9.59 Å². The van der Waals surface area contributed by atoms with Gasteiger partial charge in [0.15, 0.2) is 6.61 Å². The standard InChI is InChI=1S/C19H18N2O3/c1-3-11-20-19(23)16-9-4-5-10-17(16)21-18(22)13-24-15-8-6-7-14(2)12-15/h1,4-10,12H,11,13H2,2H3,(H,20,23)(H,21,22). The van der Waals surface area contributed by atoms with Gasteiger partial charge < -0.3 is 15.4 Å². The molecule has 0 unspecified atom stereocenters. The van der Waals surface area contributed by atoms with E-state index >= 15 is 0 Å². The number of para-hydroxylation sites is 1. The molecule has 2 amide bonds. The summed E-state index contributed by atoms with van der Waals surface area (Å²) in [6.07, 6.45) is 5.13. The fourth-order valence-corrected chi connectivity index (χ4v) is 2.06. The number of amides is 2. The van der Waals surface area contributed by atoms with Crippen LogP contribution in [0.4, 0.5) is 5.69 Å². The van der Waals surface area contributed by atoms with Gasteiger partial charge in [-0.1, -0.05) is 30.2 Å². The Labute approximate surface area is 141 Å². The van der Waals surface area contributed by atoms with Gasteiger partial charge in [0.1, 0.15) is 5.75 Å². The number of carbonyl (C=O) groups is 2. The maximum Gasteiger partial charge on any atom is 0.262 e. The van der Waals surface area contributed by atoms with E-state index in [1.807, 2.05) is 25.1 Å². The Morgan fingerprint density at radius 1 is 1.17 bits per heavy atom. The number of benzene rings is 2. The van der Waals surface area contributed by atoms with Gasteiger partial charge in [0.2, 0.25) is 0 Å². The molecular formula is C19H18N2O3. The molecule has 24 heavy (non-hydrogen) atoms. The lowest BCUT2D eigenvalue weighted by atomic mass is 10.1. The Morgan fingerprint density at radius 3 is 2.71 bits per heavy atom. The largest absolute Gasteiger partial charge is 0.484 e. The summed E-state index contributed by atoms with van der Waals surface area (Å²) in [5.41, 5.74) is 1.80. The molecule has 0 spiro atoms. The minimum atomic E-state index is -0.353. The van der Waals surface area contributed by atoms with Crippen LogP contribution in [0.1, 0.15) is 15.9 Å². The maximum atomic E-state index is 12.1. The number of carbonyl (C=O) groups excluding carboxylic acids is 2. The van der Waals surface area contributed by atoms with E-state index in [0.717, 1.165) is 5.56 Å². The number of hydrogen-bond donors (Lipinski definition) is 2. The van der Waals surface area contributed by atoms with Gasteiger partial charge >= 0.3 is 0 Å². The minimum absolute atomic E-state index is 0.123. The molecule has 0 aliphatic rings. The SMILES string of the molecule is C#CCNC(=O)c1ccccc1NC(=O)COc1cccc(C)c1. The van der Waals surface area contributed by atoms with Crippen molar-refractivity contribution in [2.45, 2.75) is 6.92 Å². The van der Waals surface area contributed by atoms with E-state index < -0.39 is 0 Å². The lowest BCUT2D eigenvalue weighted by Gasteiger charge is -2.11. The molecule has 0 saturated heterocycles. The van der Waals surface area contributed by atoms with E-state index in [-0.39, 0.29) is 25.0 Å². The smallest absolute Gasteiger partial charge is 0.262 e. The molecule has 5 nitrogen and oxygen atoms in total. The second kappa shape index (κ2) is 8.39. The fraction of sp³-hybridized carbons (Fsp3) is 0.158. The molecule has 2 aromatic carbocycles. The summed E-state index contributed by atoms with van der Waals surface area (Å²) in [7, 11) is 0. The lowest BCUT2D eigenvalue weighted by molar-refractivity contribution is -0.118. The number of terminal acetylenes is 1. The van der Waals surface area contributed by atoms with Crippen LogP contribution in [0.25, 0.3) is 0 Å². The van der Waals surface area contributed by atoms with Crippen LogP contribution in [0.5, 0.6) is 5.75 Å². The zero-order valence-electron chi connectivity index (χ0n) is 13.3. The third-order valence-electron chi connectivity index (χ3n) is 3.16. The third kappa shape index (κ3) is 4.89. The second-order valence-corrected chi connectivity index (χ2v) is 5.09. The summed E-state index contributed by atoms with van der Waals surface area (Å²) >= 11 is 0. The molecule has 5 heteroatoms. The topological polar surface area (TPSA) is 67.4 Å². The fourth-order valence-electron chi connectivity index (χ4n) is 2.06. The van der Waals surface area contributed by atoms with Gasteiger partial charge in [-0.05, 0) is 36.8 Å². The van der Waals surface area contributed by atoms with E-state index in [4.69, 9.17) is 11.2 Å². The van der Waals surface area contributed by atoms with Crippen molar-refractivity contribution in [3.05, 3.63) is 59.7 Å². The van der Waals surface area contributed by atoms with Gasteiger partial charge in [-0.25, -0.2) is 0 Å². The van der Waals surface area contributed by atoms with Crippen molar-refractivity contribution >= 4 is 17.5 Å². The summed E-state index contributed by atoms with van der Waals surface area (Å²) in [6, 6.07) is 14.1. The highest BCUT2D eigenvalue weighted by Gasteiger charge is 2.12. The molecule has 0 aliphatic heterocycles. The molecule has 0 fully saturated rings. The number of anilines is 1. The van der Waals surface area contributed by atoms with Crippen LogP contribution in [0.2, 0.25) is 0 Å². The van der Waals surface area contributed by atoms with Crippen LogP contribution < -0.4 is 15.4 Å². The van der Waals surface area contributed by atoms with Gasteiger partial charge in [0.25, 0.3) is 11.8 Å². The summed E-state index contributed by atoms with van der Waals surface area (Å²) < 4.78 is 5.45. The van der Waals surface area contributed by atoms with Crippen LogP contribution >= 0.6 is 0 Å². The molecular weight excluding hydrogens is 304 g/mol. The number of aryl methyl sites for hydroxylation is 1. The van der Waals surface area contributed by atoms with Gasteiger partial charge in [-0.3, -0.25) is 9.59 Å². The van der Waals surface area contributed by atoms with Crippen LogP contribution in [0.15, 0.2) is 48.5 Å². The Bertz CT molecular complexity index is 778. The van der Waals surface area contributed by atoms with Crippen molar-refractivity contribution < 1.29 is 14.3 Å². The first-order valence-electron chi connectivity index (χ1n) is 7.40. The zero-order valence-corrected chi connectivity index (χ0v) is 13.3. The zero-order chi connectivity index (χ0) is 17.4. The summed E-state index contributed by atoms with van der Waals surface area (Å²) in [5, 5.41) is 5.25. The molecule has 0 saturated carbocycles. The average molecular weight is 322 g/mol. The number of ether oxygens (including phenoxy) is 1. The van der Waals surface area contributed by atoms with E-state index in [1.165, 1.54) is 0 Å². The molecule has 2 N–H and O–H groups in total. The highest BCUT2D eigenvalue weighted by Crippen LogP contribution is 2.16. The summed E-state index contributed by atoms with van der Waals surface area (Å²) in [5.74, 6) is 2.25. The first kappa shape index (κ1) is 17.1. The van der Waals surface area contributed by atoms with E-state index in [2.05, 4.69) is 16.6 Å². The predicted octanol–water partition coefficient (Wildman–Crippen LogP) is 2.38. The average Bonchev–Trinajstić information content (AvgIpc) is 2.58. The summed E-state index contributed by atoms with van der Waals surface area (Å²) in [6.45, 7) is 1.92. The van der Waals surface area contributed by atoms with Crippen molar-refractivity contribution in [3.8, 4) is 18.1 Å². The Kier molecular flexibility index (Phi) is 5.98. The molecule has 122 valence electrons. The van der Waals surface area contributed by atoms with Gasteiger partial charge in [0, 0.05) is 0 Å². The molecule has 0 aromatic heterocycles. The molecule has 0 bridgehead atoms.